The third kappa shape index (κ3) is 3.65. The van der Waals surface area contributed by atoms with Crippen LogP contribution >= 0.6 is 0 Å². The first-order valence-corrected chi connectivity index (χ1v) is 1.86. The van der Waals surface area contributed by atoms with Gasteiger partial charge in [0, 0.05) is 18.7 Å². The summed E-state index contributed by atoms with van der Waals surface area (Å²) in [5.74, 6) is -1.17. The van der Waals surface area contributed by atoms with Crippen LogP contribution in [0, 0.1) is 5.41 Å². The van der Waals surface area contributed by atoms with E-state index in [2.05, 4.69) is 4.74 Å². The van der Waals surface area contributed by atoms with E-state index in [1.54, 1.807) is 0 Å². The highest BCUT2D eigenvalue weighted by atomic mass is 16.5. The van der Waals surface area contributed by atoms with Gasteiger partial charge in [-0.2, -0.15) is 0 Å². The van der Waals surface area contributed by atoms with E-state index < -0.39 is 31.9 Å². The van der Waals surface area contributed by atoms with Crippen LogP contribution in [0.2, 0.25) is 0 Å². The predicted molar refractivity (Wildman–Crippen MR) is 34.3 cm³/mol. The molecule has 2 nitrogen and oxygen atoms in total. The van der Waals surface area contributed by atoms with Crippen molar-refractivity contribution in [3.8, 4) is 0 Å². The fourth-order valence-electron chi connectivity index (χ4n) is 0.139. The van der Waals surface area contributed by atoms with Gasteiger partial charge in [-0.25, -0.2) is 0 Å². The zero-order valence-corrected chi connectivity index (χ0v) is 4.41. The first kappa shape index (κ1) is 1.31. The van der Waals surface area contributed by atoms with E-state index in [4.69, 9.17) is 17.7 Å². The molecule has 0 aliphatic heterocycles. The lowest BCUT2D eigenvalue weighted by molar-refractivity contribution is 0.384. The van der Waals surface area contributed by atoms with Crippen molar-refractivity contribution in [2.45, 2.75) is 26.0 Å². The SMILES string of the molecule is [2H]C([2H])([2H])C([2H])([2H])C([2H])([2H])C([2H])([2H])C(=N)OC. The molecule has 0 saturated heterocycles. The molecule has 0 atom stereocenters. The number of methoxy groups -OCH3 is 1. The molecule has 0 aromatic heterocycles. The zero-order valence-electron chi connectivity index (χ0n) is 13.4. The Morgan fingerprint density at radius 3 is 3.25 bits per heavy atom. The van der Waals surface area contributed by atoms with Crippen LogP contribution in [0.3, 0.4) is 0 Å². The minimum atomic E-state index is -3.46. The Labute approximate surface area is 63.0 Å². The van der Waals surface area contributed by atoms with E-state index in [1.165, 1.54) is 0 Å². The van der Waals surface area contributed by atoms with Crippen LogP contribution in [0.4, 0.5) is 0 Å². The molecule has 0 amide bonds. The zero-order chi connectivity index (χ0) is 14.3. The lowest BCUT2D eigenvalue weighted by atomic mass is 10.2. The number of nitrogens with one attached hydrogen (secondary N) is 1. The molecule has 0 aromatic carbocycles. The molecule has 0 rings (SSSR count). The quantitative estimate of drug-likeness (QED) is 0.451. The molecule has 0 unspecified atom stereocenters. The summed E-state index contributed by atoms with van der Waals surface area (Å²) in [6.45, 7) is -3.36. The Morgan fingerprint density at radius 2 is 2.75 bits per heavy atom. The van der Waals surface area contributed by atoms with Crippen LogP contribution in [0.15, 0.2) is 0 Å². The Hall–Kier alpha value is -0.530. The van der Waals surface area contributed by atoms with Gasteiger partial charge in [-0.1, -0.05) is 13.2 Å². The smallest absolute Gasteiger partial charge is 0.180 e. The topological polar surface area (TPSA) is 33.1 Å². The molecule has 0 heterocycles. The van der Waals surface area contributed by atoms with Gasteiger partial charge in [0.05, 0.1) is 7.11 Å². The third-order valence-corrected chi connectivity index (χ3v) is 0.443. The average Bonchev–Trinajstić information content (AvgIpc) is 2.13. The molecular formula is C6H13NO. The molecule has 8 heavy (non-hydrogen) atoms. The highest BCUT2D eigenvalue weighted by molar-refractivity contribution is 5.72. The van der Waals surface area contributed by atoms with Crippen molar-refractivity contribution in [3.05, 3.63) is 0 Å². The molecule has 0 saturated carbocycles. The first-order chi connectivity index (χ1) is 7.23. The maximum atomic E-state index is 7.36. The van der Waals surface area contributed by atoms with E-state index in [-0.39, 0.29) is 0 Å². The van der Waals surface area contributed by atoms with Crippen LogP contribution in [-0.4, -0.2) is 13.0 Å². The Bertz CT molecular complexity index is 307. The normalized spacial score (nSPS) is 32.4. The van der Waals surface area contributed by atoms with Crippen molar-refractivity contribution in [1.82, 2.24) is 0 Å². The summed E-state index contributed by atoms with van der Waals surface area (Å²) in [4.78, 5) is 0. The van der Waals surface area contributed by atoms with Gasteiger partial charge in [0.15, 0.2) is 5.90 Å². The van der Waals surface area contributed by atoms with Gasteiger partial charge >= 0.3 is 0 Å². The van der Waals surface area contributed by atoms with Crippen molar-refractivity contribution >= 4 is 5.90 Å². The fraction of sp³-hybridized carbons (Fsp3) is 0.833. The van der Waals surface area contributed by atoms with Crippen molar-refractivity contribution in [1.29, 1.82) is 5.41 Å². The fourth-order valence-corrected chi connectivity index (χ4v) is 0.139. The lowest BCUT2D eigenvalue weighted by Crippen LogP contribution is -1.97. The van der Waals surface area contributed by atoms with Crippen LogP contribution < -0.4 is 0 Å². The van der Waals surface area contributed by atoms with Crippen molar-refractivity contribution in [3.63, 3.8) is 0 Å². The molecule has 0 radical (unpaired) electrons. The number of hydrogen-bond donors (Lipinski definition) is 1. The van der Waals surface area contributed by atoms with Crippen LogP contribution in [0.1, 0.15) is 38.3 Å². The van der Waals surface area contributed by atoms with Gasteiger partial charge in [0.2, 0.25) is 0 Å². The average molecular weight is 124 g/mol. The molecule has 0 fully saturated rings. The standard InChI is InChI=1S/C6H13NO/c1-3-4-5-6(7)8-2/h7H,3-5H2,1-2H3/i1D3,3D2,4D2,5D2. The first-order valence-electron chi connectivity index (χ1n) is 6.36. The minimum absolute atomic E-state index is 0.918. The summed E-state index contributed by atoms with van der Waals surface area (Å²) in [6, 6.07) is 0. The molecule has 0 aromatic rings. The monoisotopic (exact) mass is 124 g/mol. The van der Waals surface area contributed by atoms with E-state index in [0.717, 1.165) is 7.11 Å². The molecule has 0 aliphatic carbocycles. The minimum Gasteiger partial charge on any atom is -0.484 e. The second-order valence-corrected chi connectivity index (χ2v) is 0.908. The van der Waals surface area contributed by atoms with Gasteiger partial charge in [-0.3, -0.25) is 5.41 Å². The van der Waals surface area contributed by atoms with Crippen molar-refractivity contribution in [2.24, 2.45) is 0 Å². The van der Waals surface area contributed by atoms with Crippen LogP contribution in [0.5, 0.6) is 0 Å². The highest BCUT2D eigenvalue weighted by Gasteiger charge is 1.90. The van der Waals surface area contributed by atoms with Crippen LogP contribution in [0.25, 0.3) is 0 Å². The Morgan fingerprint density at radius 1 is 2.00 bits per heavy atom. The van der Waals surface area contributed by atoms with Gasteiger partial charge in [0.1, 0.15) is 0 Å². The summed E-state index contributed by atoms with van der Waals surface area (Å²) < 4.78 is 68.8. The van der Waals surface area contributed by atoms with E-state index in [9.17, 15) is 0 Å². The molecule has 0 aliphatic rings. The lowest BCUT2D eigenvalue weighted by Gasteiger charge is -1.97. The van der Waals surface area contributed by atoms with Crippen molar-refractivity contribution in [2.75, 3.05) is 7.11 Å². The van der Waals surface area contributed by atoms with Gasteiger partial charge < -0.3 is 4.74 Å². The van der Waals surface area contributed by atoms with Gasteiger partial charge in [0.25, 0.3) is 0 Å². The maximum Gasteiger partial charge on any atom is 0.180 e. The summed E-state index contributed by atoms with van der Waals surface area (Å²) >= 11 is 0. The molecule has 2 heteroatoms. The van der Waals surface area contributed by atoms with Crippen LogP contribution in [-0.2, 0) is 4.74 Å². The molecule has 1 N–H and O–H groups in total. The molecular weight excluding hydrogens is 102 g/mol. The number of hydrogen-bond acceptors (Lipinski definition) is 2. The summed E-state index contributed by atoms with van der Waals surface area (Å²) in [6.07, 6.45) is -10.1. The number of ether oxygens (including phenoxy) is 1. The van der Waals surface area contributed by atoms with E-state index in [0.29, 0.717) is 0 Å². The highest BCUT2D eigenvalue weighted by Crippen LogP contribution is 1.94. The van der Waals surface area contributed by atoms with E-state index >= 15 is 0 Å². The Balaban J connectivity index is 5.63. The second kappa shape index (κ2) is 4.62. The predicted octanol–water partition coefficient (Wildman–Crippen LogP) is 1.80. The van der Waals surface area contributed by atoms with Gasteiger partial charge in [-0.15, -0.1) is 0 Å². The largest absolute Gasteiger partial charge is 0.484 e. The molecule has 0 spiro atoms. The molecule has 48 valence electrons. The van der Waals surface area contributed by atoms with E-state index in [1.807, 2.05) is 0 Å². The van der Waals surface area contributed by atoms with Gasteiger partial charge in [-0.05, 0) is 6.37 Å². The number of rotatable bonds is 3. The van der Waals surface area contributed by atoms with Crippen molar-refractivity contribution < 1.29 is 17.1 Å². The summed E-state index contributed by atoms with van der Waals surface area (Å²) in [5.41, 5.74) is 0. The molecule has 0 bridgehead atoms. The summed E-state index contributed by atoms with van der Waals surface area (Å²) in [5, 5.41) is 7.09. The Kier molecular flexibility index (Phi) is 0.755. The third-order valence-electron chi connectivity index (χ3n) is 0.443. The second-order valence-electron chi connectivity index (χ2n) is 0.908. The maximum absolute atomic E-state index is 7.36. The summed E-state index contributed by atoms with van der Waals surface area (Å²) in [7, 11) is 0.918.